The smallest absolute Gasteiger partial charge is 0.125 e. The summed E-state index contributed by atoms with van der Waals surface area (Å²) < 4.78 is 6.04. The summed E-state index contributed by atoms with van der Waals surface area (Å²) in [4.78, 5) is 0. The third kappa shape index (κ3) is 2.47. The third-order valence-corrected chi connectivity index (χ3v) is 3.83. The Hall–Kier alpha value is -1.02. The molecule has 0 saturated carbocycles. The molecule has 94 valence electrons. The van der Waals surface area contributed by atoms with Crippen molar-refractivity contribution >= 4 is 0 Å². The van der Waals surface area contributed by atoms with E-state index in [0.717, 1.165) is 30.6 Å². The van der Waals surface area contributed by atoms with Crippen LogP contribution in [-0.4, -0.2) is 11.2 Å². The Labute approximate surface area is 104 Å². The molecule has 2 atom stereocenters. The van der Waals surface area contributed by atoms with E-state index in [1.165, 1.54) is 5.56 Å². The minimum atomic E-state index is -0.371. The summed E-state index contributed by atoms with van der Waals surface area (Å²) in [7, 11) is 0. The first-order valence-electron chi connectivity index (χ1n) is 6.61. The lowest BCUT2D eigenvalue weighted by Crippen LogP contribution is -2.32. The van der Waals surface area contributed by atoms with Crippen LogP contribution >= 0.6 is 0 Å². The van der Waals surface area contributed by atoms with Crippen molar-refractivity contribution in [3.05, 3.63) is 29.3 Å². The van der Waals surface area contributed by atoms with Gasteiger partial charge in [-0.3, -0.25) is 0 Å². The van der Waals surface area contributed by atoms with Gasteiger partial charge in [0.1, 0.15) is 11.9 Å². The predicted octanol–water partition coefficient (Wildman–Crippen LogP) is 3.62. The summed E-state index contributed by atoms with van der Waals surface area (Å²) in [5.41, 5.74) is 2.12. The first-order chi connectivity index (χ1) is 8.15. The highest BCUT2D eigenvalue weighted by Gasteiger charge is 2.30. The van der Waals surface area contributed by atoms with Crippen molar-refractivity contribution in [2.75, 3.05) is 0 Å². The topological polar surface area (TPSA) is 29.5 Å². The van der Waals surface area contributed by atoms with Gasteiger partial charge in [0.2, 0.25) is 0 Å². The van der Waals surface area contributed by atoms with E-state index in [0.29, 0.717) is 5.92 Å². The van der Waals surface area contributed by atoms with Crippen molar-refractivity contribution in [1.29, 1.82) is 0 Å². The summed E-state index contributed by atoms with van der Waals surface area (Å²) in [6.45, 7) is 6.42. The number of hydrogen-bond acceptors (Lipinski definition) is 2. The quantitative estimate of drug-likeness (QED) is 0.865. The molecule has 0 amide bonds. The Kier molecular flexibility index (Phi) is 3.72. The average molecular weight is 234 g/mol. The van der Waals surface area contributed by atoms with E-state index in [9.17, 15) is 5.11 Å². The second-order valence-electron chi connectivity index (χ2n) is 5.03. The van der Waals surface area contributed by atoms with Crippen LogP contribution in [0.2, 0.25) is 0 Å². The number of aliphatic hydroxyl groups excluding tert-OH is 1. The number of ether oxygens (including phenoxy) is 1. The van der Waals surface area contributed by atoms with Gasteiger partial charge in [0.05, 0.1) is 6.10 Å². The number of benzene rings is 1. The van der Waals surface area contributed by atoms with Crippen LogP contribution in [0.4, 0.5) is 0 Å². The van der Waals surface area contributed by atoms with Gasteiger partial charge < -0.3 is 9.84 Å². The number of aryl methyl sites for hydroxylation is 1. The molecular weight excluding hydrogens is 212 g/mol. The van der Waals surface area contributed by atoms with Crippen LogP contribution in [0.15, 0.2) is 18.2 Å². The maximum Gasteiger partial charge on any atom is 0.125 e. The highest BCUT2D eigenvalue weighted by Crippen LogP contribution is 2.38. The lowest BCUT2D eigenvalue weighted by Gasteiger charge is -2.34. The fourth-order valence-corrected chi connectivity index (χ4v) is 2.70. The summed E-state index contributed by atoms with van der Waals surface area (Å²) in [6.07, 6.45) is 2.73. The van der Waals surface area contributed by atoms with Crippen LogP contribution in [0, 0.1) is 12.8 Å². The first-order valence-corrected chi connectivity index (χ1v) is 6.61. The number of fused-ring (bicyclic) bond motifs is 1. The zero-order valence-corrected chi connectivity index (χ0v) is 10.9. The van der Waals surface area contributed by atoms with Crippen molar-refractivity contribution in [3.8, 4) is 5.75 Å². The minimum Gasteiger partial charge on any atom is -0.490 e. The van der Waals surface area contributed by atoms with Crippen molar-refractivity contribution in [2.24, 2.45) is 5.92 Å². The van der Waals surface area contributed by atoms with Crippen LogP contribution in [-0.2, 0) is 0 Å². The zero-order chi connectivity index (χ0) is 12.4. The fraction of sp³-hybridized carbons (Fsp3) is 0.600. The molecule has 1 unspecified atom stereocenters. The Morgan fingerprint density at radius 3 is 2.71 bits per heavy atom. The molecule has 1 heterocycles. The molecule has 0 bridgehead atoms. The van der Waals surface area contributed by atoms with Crippen LogP contribution in [0.1, 0.15) is 50.3 Å². The highest BCUT2D eigenvalue weighted by molar-refractivity contribution is 5.40. The zero-order valence-electron chi connectivity index (χ0n) is 10.9. The second kappa shape index (κ2) is 5.09. The van der Waals surface area contributed by atoms with Crippen molar-refractivity contribution in [2.45, 2.75) is 52.2 Å². The molecule has 1 aliphatic rings. The SMILES string of the molecule is CCC(CC)C1C[C@@H](O)c2cc(C)ccc2O1. The van der Waals surface area contributed by atoms with Crippen molar-refractivity contribution in [1.82, 2.24) is 0 Å². The summed E-state index contributed by atoms with van der Waals surface area (Å²) in [5, 5.41) is 10.2. The first kappa shape index (κ1) is 12.4. The molecule has 0 saturated heterocycles. The van der Waals surface area contributed by atoms with Gasteiger partial charge >= 0.3 is 0 Å². The molecule has 0 radical (unpaired) electrons. The molecule has 0 aromatic heterocycles. The Balaban J connectivity index is 2.24. The maximum absolute atomic E-state index is 10.2. The van der Waals surface area contributed by atoms with Gasteiger partial charge in [0.15, 0.2) is 0 Å². The summed E-state index contributed by atoms with van der Waals surface area (Å²) in [6, 6.07) is 6.06. The van der Waals surface area contributed by atoms with Gasteiger partial charge in [-0.1, -0.05) is 25.5 Å². The van der Waals surface area contributed by atoms with E-state index in [1.807, 2.05) is 25.1 Å². The average Bonchev–Trinajstić information content (AvgIpc) is 2.32. The monoisotopic (exact) mass is 234 g/mol. The molecule has 1 aliphatic heterocycles. The van der Waals surface area contributed by atoms with Gasteiger partial charge in [0.25, 0.3) is 0 Å². The van der Waals surface area contributed by atoms with E-state index in [4.69, 9.17) is 4.74 Å². The van der Waals surface area contributed by atoms with E-state index in [1.54, 1.807) is 0 Å². The molecule has 1 N–H and O–H groups in total. The van der Waals surface area contributed by atoms with Gasteiger partial charge in [-0.15, -0.1) is 0 Å². The molecule has 2 heteroatoms. The van der Waals surface area contributed by atoms with Crippen molar-refractivity contribution < 1.29 is 9.84 Å². The maximum atomic E-state index is 10.2. The highest BCUT2D eigenvalue weighted by atomic mass is 16.5. The number of aliphatic hydroxyl groups is 1. The largest absolute Gasteiger partial charge is 0.490 e. The third-order valence-electron chi connectivity index (χ3n) is 3.83. The van der Waals surface area contributed by atoms with Crippen LogP contribution in [0.3, 0.4) is 0 Å². The van der Waals surface area contributed by atoms with E-state index < -0.39 is 0 Å². The fourth-order valence-electron chi connectivity index (χ4n) is 2.70. The van der Waals surface area contributed by atoms with Gasteiger partial charge in [0, 0.05) is 12.0 Å². The Morgan fingerprint density at radius 2 is 2.06 bits per heavy atom. The van der Waals surface area contributed by atoms with E-state index in [-0.39, 0.29) is 12.2 Å². The molecule has 1 aromatic rings. The molecular formula is C15H22O2. The van der Waals surface area contributed by atoms with Crippen molar-refractivity contribution in [3.63, 3.8) is 0 Å². The molecule has 0 spiro atoms. The molecule has 1 aromatic carbocycles. The van der Waals surface area contributed by atoms with Crippen LogP contribution in [0.5, 0.6) is 5.75 Å². The molecule has 17 heavy (non-hydrogen) atoms. The Morgan fingerprint density at radius 1 is 1.35 bits per heavy atom. The molecule has 0 aliphatic carbocycles. The number of rotatable bonds is 3. The lowest BCUT2D eigenvalue weighted by atomic mass is 9.88. The summed E-state index contributed by atoms with van der Waals surface area (Å²) >= 11 is 0. The standard InChI is InChI=1S/C15H22O2/c1-4-11(5-2)15-9-13(16)12-8-10(3)6-7-14(12)17-15/h6-8,11,13,15-16H,4-5,9H2,1-3H3/t13-,15?/m1/s1. The van der Waals surface area contributed by atoms with E-state index >= 15 is 0 Å². The van der Waals surface area contributed by atoms with Crippen LogP contribution in [0.25, 0.3) is 0 Å². The Bertz CT molecular complexity index is 383. The second-order valence-corrected chi connectivity index (χ2v) is 5.03. The van der Waals surface area contributed by atoms with Gasteiger partial charge in [-0.2, -0.15) is 0 Å². The minimum absolute atomic E-state index is 0.162. The number of hydrogen-bond donors (Lipinski definition) is 1. The predicted molar refractivity (Wildman–Crippen MR) is 69.2 cm³/mol. The summed E-state index contributed by atoms with van der Waals surface area (Å²) in [5.74, 6) is 1.41. The molecule has 0 fully saturated rings. The van der Waals surface area contributed by atoms with E-state index in [2.05, 4.69) is 13.8 Å². The molecule has 2 rings (SSSR count). The van der Waals surface area contributed by atoms with Gasteiger partial charge in [-0.25, -0.2) is 0 Å². The normalized spacial score (nSPS) is 23.4. The van der Waals surface area contributed by atoms with Crippen LogP contribution < -0.4 is 4.74 Å². The lowest BCUT2D eigenvalue weighted by molar-refractivity contribution is 0.0317. The molecule has 2 nitrogen and oxygen atoms in total. The van der Waals surface area contributed by atoms with Gasteiger partial charge in [-0.05, 0) is 37.8 Å².